The molecule has 6 aromatic carbocycles. The van der Waals surface area contributed by atoms with Crippen LogP contribution in [0.2, 0.25) is 0 Å². The Hall–Kier alpha value is -5.09. The highest BCUT2D eigenvalue weighted by atomic mass is 15.0. The van der Waals surface area contributed by atoms with Gasteiger partial charge < -0.3 is 0 Å². The Balaban J connectivity index is 1.50. The maximum Gasteiger partial charge on any atom is 0.164 e. The van der Waals surface area contributed by atoms with Gasteiger partial charge in [-0.15, -0.1) is 0 Å². The highest BCUT2D eigenvalue weighted by Crippen LogP contribution is 2.32. The third-order valence-electron chi connectivity index (χ3n) is 7.02. The van der Waals surface area contributed by atoms with Crippen LogP contribution in [0.4, 0.5) is 0 Å². The van der Waals surface area contributed by atoms with Gasteiger partial charge in [0.25, 0.3) is 0 Å². The fourth-order valence-corrected chi connectivity index (χ4v) is 5.16. The molecular formula is C35H22BN3. The van der Waals surface area contributed by atoms with Gasteiger partial charge in [-0.05, 0) is 38.7 Å². The zero-order valence-corrected chi connectivity index (χ0v) is 21.1. The van der Waals surface area contributed by atoms with Crippen molar-refractivity contribution < 1.29 is 0 Å². The molecule has 1 aromatic heterocycles. The molecule has 0 amide bonds. The number of benzene rings is 6. The molecule has 7 aromatic rings. The van der Waals surface area contributed by atoms with E-state index in [0.29, 0.717) is 22.9 Å². The van der Waals surface area contributed by atoms with Crippen molar-refractivity contribution in [3.63, 3.8) is 0 Å². The van der Waals surface area contributed by atoms with E-state index in [2.05, 4.69) is 66.7 Å². The molecule has 0 N–H and O–H groups in total. The average molecular weight is 495 g/mol. The molecule has 2 radical (unpaired) electrons. The molecule has 1 heterocycles. The second-order valence-electron chi connectivity index (χ2n) is 9.57. The Bertz CT molecular complexity index is 1870. The number of fused-ring (bicyclic) bond motifs is 2. The minimum Gasteiger partial charge on any atom is -0.208 e. The van der Waals surface area contributed by atoms with Gasteiger partial charge in [0.05, 0.1) is 0 Å². The summed E-state index contributed by atoms with van der Waals surface area (Å²) in [6.07, 6.45) is 0. The maximum absolute atomic E-state index is 6.41. The zero-order chi connectivity index (χ0) is 26.2. The van der Waals surface area contributed by atoms with E-state index in [1.807, 2.05) is 66.7 Å². The first-order chi connectivity index (χ1) is 19.2. The second-order valence-corrected chi connectivity index (χ2v) is 9.57. The van der Waals surface area contributed by atoms with Crippen LogP contribution in [0.1, 0.15) is 0 Å². The van der Waals surface area contributed by atoms with Crippen molar-refractivity contribution in [2.45, 2.75) is 0 Å². The van der Waals surface area contributed by atoms with Crippen molar-refractivity contribution in [3.8, 4) is 45.3 Å². The van der Waals surface area contributed by atoms with E-state index in [-0.39, 0.29) is 0 Å². The Kier molecular flexibility index (Phi) is 5.71. The topological polar surface area (TPSA) is 38.7 Å². The number of aromatic nitrogens is 3. The number of rotatable bonds is 4. The Morgan fingerprint density at radius 2 is 0.872 bits per heavy atom. The van der Waals surface area contributed by atoms with E-state index in [1.54, 1.807) is 0 Å². The molecule has 4 heteroatoms. The van der Waals surface area contributed by atoms with Crippen molar-refractivity contribution >= 4 is 34.9 Å². The van der Waals surface area contributed by atoms with E-state index in [9.17, 15) is 0 Å². The molecule has 7 rings (SSSR count). The first-order valence-electron chi connectivity index (χ1n) is 12.9. The van der Waals surface area contributed by atoms with Crippen LogP contribution in [0.15, 0.2) is 133 Å². The summed E-state index contributed by atoms with van der Waals surface area (Å²) in [6.45, 7) is 0. The molecule has 0 unspecified atom stereocenters. The van der Waals surface area contributed by atoms with E-state index in [4.69, 9.17) is 22.8 Å². The van der Waals surface area contributed by atoms with Crippen molar-refractivity contribution in [1.29, 1.82) is 0 Å². The zero-order valence-electron chi connectivity index (χ0n) is 21.1. The second kappa shape index (κ2) is 9.66. The molecule has 0 aliphatic rings. The summed E-state index contributed by atoms with van der Waals surface area (Å²) in [6, 6.07) is 45.3. The predicted molar refractivity (Wildman–Crippen MR) is 162 cm³/mol. The first kappa shape index (κ1) is 23.1. The minimum absolute atomic E-state index is 0.584. The highest BCUT2D eigenvalue weighted by Gasteiger charge is 2.16. The fraction of sp³-hybridized carbons (Fsp3) is 0. The van der Waals surface area contributed by atoms with E-state index in [0.717, 1.165) is 49.4 Å². The van der Waals surface area contributed by atoms with E-state index < -0.39 is 0 Å². The first-order valence-corrected chi connectivity index (χ1v) is 12.9. The van der Waals surface area contributed by atoms with Gasteiger partial charge >= 0.3 is 0 Å². The Labute approximate surface area is 228 Å². The fourth-order valence-electron chi connectivity index (χ4n) is 5.16. The van der Waals surface area contributed by atoms with Crippen LogP contribution < -0.4 is 5.46 Å². The van der Waals surface area contributed by atoms with Crippen LogP contribution in [0.25, 0.3) is 66.8 Å². The van der Waals surface area contributed by atoms with Gasteiger partial charge in [0, 0.05) is 16.7 Å². The van der Waals surface area contributed by atoms with Crippen molar-refractivity contribution in [3.05, 3.63) is 133 Å². The van der Waals surface area contributed by atoms with Gasteiger partial charge in [-0.25, -0.2) is 15.0 Å². The van der Waals surface area contributed by atoms with Gasteiger partial charge in [0.1, 0.15) is 7.85 Å². The predicted octanol–water partition coefficient (Wildman–Crippen LogP) is 7.64. The molecule has 0 bridgehead atoms. The van der Waals surface area contributed by atoms with Crippen LogP contribution in [0, 0.1) is 0 Å². The highest BCUT2D eigenvalue weighted by molar-refractivity contribution is 6.33. The van der Waals surface area contributed by atoms with Crippen LogP contribution in [0.3, 0.4) is 0 Å². The quantitative estimate of drug-likeness (QED) is 0.236. The molecule has 0 saturated carbocycles. The van der Waals surface area contributed by atoms with Crippen molar-refractivity contribution in [2.24, 2.45) is 0 Å². The van der Waals surface area contributed by atoms with Crippen molar-refractivity contribution in [1.82, 2.24) is 15.0 Å². The van der Waals surface area contributed by atoms with Gasteiger partial charge in [0.15, 0.2) is 17.5 Å². The standard InChI is InChI=1S/C35H22BN3/c36-28-21-26(23-10-2-1-3-11-23)20-27(22-28)33-37-34(31-18-8-14-24-12-4-6-16-29(24)31)39-35(38-33)32-19-9-15-25-13-5-7-17-30(25)32/h1-22H. The number of hydrogen-bond acceptors (Lipinski definition) is 3. The number of nitrogens with zero attached hydrogens (tertiary/aromatic N) is 3. The lowest BCUT2D eigenvalue weighted by atomic mass is 9.89. The van der Waals surface area contributed by atoms with Crippen LogP contribution in [0.5, 0.6) is 0 Å². The number of hydrogen-bond donors (Lipinski definition) is 0. The normalized spacial score (nSPS) is 11.2. The summed E-state index contributed by atoms with van der Waals surface area (Å²) in [4.78, 5) is 15.1. The average Bonchev–Trinajstić information content (AvgIpc) is 3.00. The molecule has 0 fully saturated rings. The summed E-state index contributed by atoms with van der Waals surface area (Å²) in [7, 11) is 6.41. The molecule has 180 valence electrons. The lowest BCUT2D eigenvalue weighted by Crippen LogP contribution is -2.06. The minimum atomic E-state index is 0.584. The Morgan fingerprint density at radius 1 is 0.385 bits per heavy atom. The third kappa shape index (κ3) is 4.36. The van der Waals surface area contributed by atoms with Crippen LogP contribution in [-0.2, 0) is 0 Å². The summed E-state index contributed by atoms with van der Waals surface area (Å²) in [5, 5.41) is 4.47. The summed E-state index contributed by atoms with van der Waals surface area (Å²) in [5.41, 5.74) is 5.54. The molecule has 0 atom stereocenters. The summed E-state index contributed by atoms with van der Waals surface area (Å²) in [5.74, 6) is 1.84. The Morgan fingerprint density at radius 3 is 1.49 bits per heavy atom. The SMILES string of the molecule is [B]c1cc(-c2ccccc2)cc(-c2nc(-c3cccc4ccccc34)nc(-c3cccc4ccccc34)n2)c1. The molecule has 0 saturated heterocycles. The van der Waals surface area contributed by atoms with Crippen LogP contribution in [-0.4, -0.2) is 22.8 Å². The molecule has 3 nitrogen and oxygen atoms in total. The van der Waals surface area contributed by atoms with Gasteiger partial charge in [0.2, 0.25) is 0 Å². The van der Waals surface area contributed by atoms with E-state index >= 15 is 0 Å². The van der Waals surface area contributed by atoms with Crippen molar-refractivity contribution in [2.75, 3.05) is 0 Å². The summed E-state index contributed by atoms with van der Waals surface area (Å²) >= 11 is 0. The molecular weight excluding hydrogens is 473 g/mol. The molecule has 0 aliphatic heterocycles. The van der Waals surface area contributed by atoms with Gasteiger partial charge in [-0.3, -0.25) is 0 Å². The third-order valence-corrected chi connectivity index (χ3v) is 7.02. The lowest BCUT2D eigenvalue weighted by molar-refractivity contribution is 1.08. The molecule has 0 spiro atoms. The lowest BCUT2D eigenvalue weighted by Gasteiger charge is -2.13. The van der Waals surface area contributed by atoms with E-state index in [1.165, 1.54) is 0 Å². The smallest absolute Gasteiger partial charge is 0.164 e. The van der Waals surface area contributed by atoms with Gasteiger partial charge in [-0.2, -0.15) is 0 Å². The maximum atomic E-state index is 6.41. The van der Waals surface area contributed by atoms with Crippen LogP contribution >= 0.6 is 0 Å². The molecule has 39 heavy (non-hydrogen) atoms. The molecule has 0 aliphatic carbocycles. The summed E-state index contributed by atoms with van der Waals surface area (Å²) < 4.78 is 0. The largest absolute Gasteiger partial charge is 0.208 e. The monoisotopic (exact) mass is 495 g/mol. The van der Waals surface area contributed by atoms with Gasteiger partial charge in [-0.1, -0.05) is 133 Å².